The van der Waals surface area contributed by atoms with Crippen molar-refractivity contribution in [3.63, 3.8) is 0 Å². The monoisotopic (exact) mass is 234 g/mol. The smallest absolute Gasteiger partial charge is 0.308 e. The van der Waals surface area contributed by atoms with Crippen LogP contribution >= 0.6 is 0 Å². The number of aldehydes is 1. The van der Waals surface area contributed by atoms with Gasteiger partial charge in [0.1, 0.15) is 6.29 Å². The van der Waals surface area contributed by atoms with Crippen LogP contribution in [0.3, 0.4) is 0 Å². The van der Waals surface area contributed by atoms with Gasteiger partial charge < -0.3 is 9.53 Å². The summed E-state index contributed by atoms with van der Waals surface area (Å²) in [5.74, 6) is -0.295. The maximum Gasteiger partial charge on any atom is 0.308 e. The highest BCUT2D eigenvalue weighted by Gasteiger charge is 2.14. The second-order valence-electron chi connectivity index (χ2n) is 4.04. The van der Waals surface area contributed by atoms with E-state index >= 15 is 0 Å². The SMILES string of the molecule is CCOC(=O)C(C)Cc1ccc(CC=O)cc1. The molecule has 0 amide bonds. The molecular weight excluding hydrogens is 216 g/mol. The fraction of sp³-hybridized carbons (Fsp3) is 0.429. The zero-order valence-electron chi connectivity index (χ0n) is 10.3. The van der Waals surface area contributed by atoms with Crippen LogP contribution in [0.5, 0.6) is 0 Å². The molecular formula is C14H18O3. The van der Waals surface area contributed by atoms with Crippen molar-refractivity contribution in [1.82, 2.24) is 0 Å². The molecule has 0 aliphatic rings. The summed E-state index contributed by atoms with van der Waals surface area (Å²) in [6.45, 7) is 4.08. The number of hydrogen-bond acceptors (Lipinski definition) is 3. The summed E-state index contributed by atoms with van der Waals surface area (Å²) in [6, 6.07) is 7.74. The Kier molecular flexibility index (Phi) is 5.40. The fourth-order valence-corrected chi connectivity index (χ4v) is 1.63. The highest BCUT2D eigenvalue weighted by atomic mass is 16.5. The van der Waals surface area contributed by atoms with Gasteiger partial charge in [-0.25, -0.2) is 0 Å². The third-order valence-corrected chi connectivity index (χ3v) is 2.57. The number of benzene rings is 1. The minimum atomic E-state index is -0.163. The molecule has 0 saturated heterocycles. The van der Waals surface area contributed by atoms with Crippen molar-refractivity contribution in [3.8, 4) is 0 Å². The molecule has 0 aromatic heterocycles. The topological polar surface area (TPSA) is 43.4 Å². The van der Waals surface area contributed by atoms with E-state index in [1.807, 2.05) is 31.2 Å². The average Bonchev–Trinajstić information content (AvgIpc) is 2.32. The van der Waals surface area contributed by atoms with Gasteiger partial charge in [0.05, 0.1) is 12.5 Å². The van der Waals surface area contributed by atoms with Gasteiger partial charge in [0.15, 0.2) is 0 Å². The van der Waals surface area contributed by atoms with Crippen molar-refractivity contribution in [2.45, 2.75) is 26.7 Å². The van der Waals surface area contributed by atoms with Crippen LogP contribution in [0.1, 0.15) is 25.0 Å². The second-order valence-corrected chi connectivity index (χ2v) is 4.04. The van der Waals surface area contributed by atoms with Crippen molar-refractivity contribution in [1.29, 1.82) is 0 Å². The molecule has 0 fully saturated rings. The first-order chi connectivity index (χ1) is 8.17. The average molecular weight is 234 g/mol. The Morgan fingerprint density at radius 1 is 1.29 bits per heavy atom. The molecule has 3 nitrogen and oxygen atoms in total. The maximum absolute atomic E-state index is 11.4. The highest BCUT2D eigenvalue weighted by Crippen LogP contribution is 2.11. The first kappa shape index (κ1) is 13.4. The van der Waals surface area contributed by atoms with Crippen LogP contribution in [0.2, 0.25) is 0 Å². The highest BCUT2D eigenvalue weighted by molar-refractivity contribution is 5.72. The van der Waals surface area contributed by atoms with Gasteiger partial charge in [0.25, 0.3) is 0 Å². The summed E-state index contributed by atoms with van der Waals surface area (Å²) in [5, 5.41) is 0. The standard InChI is InChI=1S/C14H18O3/c1-3-17-14(16)11(2)10-13-6-4-12(5-7-13)8-9-15/h4-7,9,11H,3,8,10H2,1-2H3. The minimum absolute atomic E-state index is 0.133. The molecule has 0 aliphatic carbocycles. The van der Waals surface area contributed by atoms with Crippen LogP contribution in [-0.4, -0.2) is 18.9 Å². The number of hydrogen-bond donors (Lipinski definition) is 0. The first-order valence-electron chi connectivity index (χ1n) is 5.85. The number of rotatable bonds is 6. The van der Waals surface area contributed by atoms with E-state index in [2.05, 4.69) is 0 Å². The van der Waals surface area contributed by atoms with E-state index in [1.54, 1.807) is 6.92 Å². The molecule has 1 rings (SSSR count). The molecule has 0 bridgehead atoms. The van der Waals surface area contributed by atoms with E-state index in [-0.39, 0.29) is 11.9 Å². The normalized spacial score (nSPS) is 11.9. The van der Waals surface area contributed by atoms with E-state index in [4.69, 9.17) is 4.74 Å². The van der Waals surface area contributed by atoms with Gasteiger partial charge in [0.2, 0.25) is 0 Å². The number of carbonyl (C=O) groups excluding carboxylic acids is 2. The van der Waals surface area contributed by atoms with Crippen molar-refractivity contribution >= 4 is 12.3 Å². The second kappa shape index (κ2) is 6.84. The number of ether oxygens (including phenoxy) is 1. The minimum Gasteiger partial charge on any atom is -0.466 e. The van der Waals surface area contributed by atoms with Crippen molar-refractivity contribution in [2.75, 3.05) is 6.61 Å². The fourth-order valence-electron chi connectivity index (χ4n) is 1.63. The Labute approximate surface area is 102 Å². The number of carbonyl (C=O) groups is 2. The summed E-state index contributed by atoms with van der Waals surface area (Å²) in [7, 11) is 0. The Balaban J connectivity index is 2.56. The lowest BCUT2D eigenvalue weighted by molar-refractivity contribution is -0.147. The molecule has 1 atom stereocenters. The molecule has 0 aliphatic heterocycles. The Bertz CT molecular complexity index is 368. The molecule has 0 spiro atoms. The van der Waals surface area contributed by atoms with Crippen LogP contribution in [-0.2, 0) is 27.2 Å². The Morgan fingerprint density at radius 3 is 2.41 bits per heavy atom. The summed E-state index contributed by atoms with van der Waals surface area (Å²) in [4.78, 5) is 21.8. The lowest BCUT2D eigenvalue weighted by atomic mass is 10.00. The maximum atomic E-state index is 11.4. The molecule has 92 valence electrons. The summed E-state index contributed by atoms with van der Waals surface area (Å²) in [5.41, 5.74) is 2.08. The lowest BCUT2D eigenvalue weighted by Gasteiger charge is -2.10. The summed E-state index contributed by atoms with van der Waals surface area (Å²) >= 11 is 0. The van der Waals surface area contributed by atoms with Gasteiger partial charge in [-0.1, -0.05) is 31.2 Å². The van der Waals surface area contributed by atoms with Crippen LogP contribution in [0.15, 0.2) is 24.3 Å². The van der Waals surface area contributed by atoms with Gasteiger partial charge >= 0.3 is 5.97 Å². The number of esters is 1. The van der Waals surface area contributed by atoms with E-state index < -0.39 is 0 Å². The predicted molar refractivity (Wildman–Crippen MR) is 65.7 cm³/mol. The third-order valence-electron chi connectivity index (χ3n) is 2.57. The first-order valence-corrected chi connectivity index (χ1v) is 5.85. The van der Waals surface area contributed by atoms with Crippen LogP contribution in [0, 0.1) is 5.92 Å². The van der Waals surface area contributed by atoms with Crippen molar-refractivity contribution in [3.05, 3.63) is 35.4 Å². The lowest BCUT2D eigenvalue weighted by Crippen LogP contribution is -2.16. The van der Waals surface area contributed by atoms with Crippen LogP contribution in [0.25, 0.3) is 0 Å². The van der Waals surface area contributed by atoms with Gasteiger partial charge in [-0.3, -0.25) is 4.79 Å². The largest absolute Gasteiger partial charge is 0.466 e. The molecule has 1 aromatic rings. The van der Waals surface area contributed by atoms with Crippen LogP contribution < -0.4 is 0 Å². The molecule has 0 N–H and O–H groups in total. The van der Waals surface area contributed by atoms with Crippen LogP contribution in [0.4, 0.5) is 0 Å². The zero-order valence-corrected chi connectivity index (χ0v) is 10.3. The summed E-state index contributed by atoms with van der Waals surface area (Å²) < 4.78 is 4.95. The molecule has 1 aromatic carbocycles. The van der Waals surface area contributed by atoms with Gasteiger partial charge in [0, 0.05) is 6.42 Å². The molecule has 3 heteroatoms. The Morgan fingerprint density at radius 2 is 1.88 bits per heavy atom. The third kappa shape index (κ3) is 4.39. The molecule has 1 unspecified atom stereocenters. The van der Waals surface area contributed by atoms with E-state index in [0.717, 1.165) is 17.4 Å². The molecule has 0 radical (unpaired) electrons. The van der Waals surface area contributed by atoms with Crippen molar-refractivity contribution < 1.29 is 14.3 Å². The molecule has 0 saturated carbocycles. The van der Waals surface area contributed by atoms with E-state index in [0.29, 0.717) is 19.4 Å². The summed E-state index contributed by atoms with van der Waals surface area (Å²) in [6.07, 6.45) is 1.99. The molecule has 17 heavy (non-hydrogen) atoms. The van der Waals surface area contributed by atoms with E-state index in [9.17, 15) is 9.59 Å². The van der Waals surface area contributed by atoms with Gasteiger partial charge in [-0.15, -0.1) is 0 Å². The predicted octanol–water partition coefficient (Wildman–Crippen LogP) is 2.17. The van der Waals surface area contributed by atoms with Gasteiger partial charge in [-0.2, -0.15) is 0 Å². The Hall–Kier alpha value is -1.64. The zero-order chi connectivity index (χ0) is 12.7. The quantitative estimate of drug-likeness (QED) is 0.559. The van der Waals surface area contributed by atoms with Gasteiger partial charge in [-0.05, 0) is 24.5 Å². The van der Waals surface area contributed by atoms with E-state index in [1.165, 1.54) is 0 Å². The molecule has 0 heterocycles. The van der Waals surface area contributed by atoms with Crippen molar-refractivity contribution in [2.24, 2.45) is 5.92 Å².